The summed E-state index contributed by atoms with van der Waals surface area (Å²) in [5.74, 6) is -2.69. The highest BCUT2D eigenvalue weighted by Crippen LogP contribution is 2.37. The second kappa shape index (κ2) is 15.1. The summed E-state index contributed by atoms with van der Waals surface area (Å²) in [4.78, 5) is 58.1. The number of carbonyl (C=O) groups excluding carboxylic acids is 4. The smallest absolute Gasteiger partial charge is 0.338 e. The van der Waals surface area contributed by atoms with Crippen molar-refractivity contribution in [2.75, 3.05) is 25.5 Å². The van der Waals surface area contributed by atoms with Crippen LogP contribution in [0.4, 0.5) is 10.1 Å². The highest BCUT2D eigenvalue weighted by atomic mass is 35.5. The first-order valence-corrected chi connectivity index (χ1v) is 16.2. The van der Waals surface area contributed by atoms with Crippen LogP contribution in [0.25, 0.3) is 22.9 Å². The summed E-state index contributed by atoms with van der Waals surface area (Å²) >= 11 is 6.08. The molecule has 15 heteroatoms. The van der Waals surface area contributed by atoms with Gasteiger partial charge in [-0.05, 0) is 89.0 Å². The van der Waals surface area contributed by atoms with Crippen molar-refractivity contribution in [2.24, 2.45) is 0 Å². The summed E-state index contributed by atoms with van der Waals surface area (Å²) in [6.07, 6.45) is 5.69. The van der Waals surface area contributed by atoms with Crippen molar-refractivity contribution in [2.45, 2.75) is 19.4 Å². The summed E-state index contributed by atoms with van der Waals surface area (Å²) in [7, 11) is 1.52. The Morgan fingerprint density at radius 2 is 1.86 bits per heavy atom. The van der Waals surface area contributed by atoms with Crippen LogP contribution in [0.15, 0.2) is 85.3 Å². The molecule has 0 saturated carbocycles. The molecule has 2 aromatic heterocycles. The second-order valence-corrected chi connectivity index (χ2v) is 11.6. The Morgan fingerprint density at radius 1 is 1.06 bits per heavy atom. The zero-order valence-electron chi connectivity index (χ0n) is 27.3. The largest absolute Gasteiger partial charge is 0.462 e. The van der Waals surface area contributed by atoms with Crippen molar-refractivity contribution in [3.8, 4) is 16.8 Å². The number of esters is 1. The molecular formula is C36H30ClFN8O5. The molecule has 5 aromatic rings. The minimum atomic E-state index is -1.11. The predicted molar refractivity (Wildman–Crippen MR) is 185 cm³/mol. The third kappa shape index (κ3) is 7.21. The van der Waals surface area contributed by atoms with Gasteiger partial charge in [-0.25, -0.2) is 9.18 Å². The molecule has 0 spiro atoms. The third-order valence-electron chi connectivity index (χ3n) is 8.25. The first-order valence-electron chi connectivity index (χ1n) is 15.8. The van der Waals surface area contributed by atoms with Gasteiger partial charge in [-0.15, -0.1) is 5.10 Å². The third-order valence-corrected chi connectivity index (χ3v) is 8.54. The molecule has 0 bridgehead atoms. The summed E-state index contributed by atoms with van der Waals surface area (Å²) in [5.41, 5.74) is 4.07. The van der Waals surface area contributed by atoms with Crippen LogP contribution in [0, 0.1) is 5.82 Å². The van der Waals surface area contributed by atoms with Gasteiger partial charge in [-0.2, -0.15) is 4.68 Å². The lowest BCUT2D eigenvalue weighted by molar-refractivity contribution is -0.135. The van der Waals surface area contributed by atoms with Crippen LogP contribution in [0.5, 0.6) is 0 Å². The lowest BCUT2D eigenvalue weighted by Crippen LogP contribution is -2.45. The maximum Gasteiger partial charge on any atom is 0.338 e. The molecule has 13 nitrogen and oxygen atoms in total. The van der Waals surface area contributed by atoms with Crippen LogP contribution in [0.2, 0.25) is 5.02 Å². The van der Waals surface area contributed by atoms with Crippen molar-refractivity contribution in [3.05, 3.63) is 124 Å². The lowest BCUT2D eigenvalue weighted by atomic mass is 9.86. The van der Waals surface area contributed by atoms with E-state index < -0.39 is 29.6 Å². The van der Waals surface area contributed by atoms with Crippen LogP contribution in [-0.4, -0.2) is 74.0 Å². The molecule has 0 saturated heterocycles. The average molecular weight is 709 g/mol. The zero-order chi connectivity index (χ0) is 36.1. The monoisotopic (exact) mass is 708 g/mol. The molecule has 3 aromatic carbocycles. The van der Waals surface area contributed by atoms with Gasteiger partial charge in [0.25, 0.3) is 11.8 Å². The topological polar surface area (TPSA) is 161 Å². The van der Waals surface area contributed by atoms with E-state index in [4.69, 9.17) is 16.3 Å². The molecule has 258 valence electrons. The molecule has 1 aliphatic heterocycles. The Hall–Kier alpha value is -6.28. The standard InChI is InChI=1S/C36H30ClFN8O5/c1-3-51-36(50)21-7-10-23(11-8-21)42-35(49)33-26-6-4-5-24(22-9-14-29(40-19-22)34(48)39-2)25(26)17-18-45(33)31(47)16-12-27-30(46-20-41-43-44-46)15-13-28(37)32(27)38/h4-16,19-20,33H,3,17-18H2,1-2H3,(H,39,48)(H,42,49)/b16-12+. The number of halogens is 2. The van der Waals surface area contributed by atoms with E-state index in [0.717, 1.165) is 16.7 Å². The van der Waals surface area contributed by atoms with Gasteiger partial charge in [0.15, 0.2) is 5.82 Å². The van der Waals surface area contributed by atoms with Crippen molar-refractivity contribution in [1.82, 2.24) is 35.4 Å². The van der Waals surface area contributed by atoms with Gasteiger partial charge in [-0.3, -0.25) is 19.4 Å². The van der Waals surface area contributed by atoms with Crippen LogP contribution < -0.4 is 10.6 Å². The van der Waals surface area contributed by atoms with E-state index in [1.165, 1.54) is 59.4 Å². The van der Waals surface area contributed by atoms with E-state index in [1.807, 2.05) is 6.07 Å². The number of anilines is 1. The van der Waals surface area contributed by atoms with E-state index in [9.17, 15) is 19.2 Å². The first kappa shape index (κ1) is 34.6. The molecule has 3 amide bonds. The van der Waals surface area contributed by atoms with Crippen molar-refractivity contribution < 1.29 is 28.3 Å². The Labute approximate surface area is 296 Å². The number of benzene rings is 3. The number of nitrogens with one attached hydrogen (secondary N) is 2. The normalized spacial score (nSPS) is 13.8. The van der Waals surface area contributed by atoms with Gasteiger partial charge in [0.2, 0.25) is 5.91 Å². The number of rotatable bonds is 9. The molecule has 1 unspecified atom stereocenters. The maximum atomic E-state index is 15.3. The maximum absolute atomic E-state index is 15.3. The number of nitrogens with zero attached hydrogens (tertiary/aromatic N) is 6. The molecule has 1 aliphatic rings. The Kier molecular flexibility index (Phi) is 10.2. The molecule has 0 fully saturated rings. The summed E-state index contributed by atoms with van der Waals surface area (Å²) < 4.78 is 21.6. The van der Waals surface area contributed by atoms with Gasteiger partial charge in [-0.1, -0.05) is 35.9 Å². The average Bonchev–Trinajstić information content (AvgIpc) is 3.69. The number of aromatic nitrogens is 5. The molecule has 2 N–H and O–H groups in total. The Bertz CT molecular complexity index is 2140. The highest BCUT2D eigenvalue weighted by molar-refractivity contribution is 6.31. The number of carbonyl (C=O) groups is 4. The lowest BCUT2D eigenvalue weighted by Gasteiger charge is -2.36. The number of ether oxygens (including phenoxy) is 1. The number of fused-ring (bicyclic) bond motifs is 1. The number of pyridine rings is 1. The van der Waals surface area contributed by atoms with Crippen LogP contribution >= 0.6 is 11.6 Å². The summed E-state index contributed by atoms with van der Waals surface area (Å²) in [6, 6.07) is 16.8. The predicted octanol–water partition coefficient (Wildman–Crippen LogP) is 4.83. The van der Waals surface area contributed by atoms with Crippen LogP contribution in [0.1, 0.15) is 50.5 Å². The fourth-order valence-electron chi connectivity index (χ4n) is 5.83. The Morgan fingerprint density at radius 3 is 2.55 bits per heavy atom. The van der Waals surface area contributed by atoms with E-state index in [1.54, 1.807) is 49.5 Å². The molecule has 51 heavy (non-hydrogen) atoms. The number of hydrogen-bond acceptors (Lipinski definition) is 9. The molecule has 6 rings (SSSR count). The second-order valence-electron chi connectivity index (χ2n) is 11.2. The number of hydrogen-bond donors (Lipinski definition) is 2. The fourth-order valence-corrected chi connectivity index (χ4v) is 5.99. The van der Waals surface area contributed by atoms with Crippen LogP contribution in [-0.2, 0) is 20.7 Å². The number of tetrazole rings is 1. The van der Waals surface area contributed by atoms with Gasteiger partial charge < -0.3 is 20.3 Å². The van der Waals surface area contributed by atoms with Crippen molar-refractivity contribution in [3.63, 3.8) is 0 Å². The van der Waals surface area contributed by atoms with Gasteiger partial charge in [0.1, 0.15) is 18.1 Å². The first-order chi connectivity index (χ1) is 24.7. The zero-order valence-corrected chi connectivity index (χ0v) is 28.1. The van der Waals surface area contributed by atoms with Crippen molar-refractivity contribution in [1.29, 1.82) is 0 Å². The van der Waals surface area contributed by atoms with E-state index >= 15 is 4.39 Å². The van der Waals surface area contributed by atoms with E-state index in [0.29, 0.717) is 23.2 Å². The van der Waals surface area contributed by atoms with E-state index in [2.05, 4.69) is 31.1 Å². The van der Waals surface area contributed by atoms with Crippen LogP contribution in [0.3, 0.4) is 0 Å². The summed E-state index contributed by atoms with van der Waals surface area (Å²) in [5, 5.41) is 16.3. The minimum absolute atomic E-state index is 0.0294. The van der Waals surface area contributed by atoms with Crippen molar-refractivity contribution >= 4 is 47.1 Å². The van der Waals surface area contributed by atoms with E-state index in [-0.39, 0.29) is 41.0 Å². The van der Waals surface area contributed by atoms with Gasteiger partial charge >= 0.3 is 5.97 Å². The molecule has 0 aliphatic carbocycles. The Balaban J connectivity index is 1.36. The van der Waals surface area contributed by atoms with Gasteiger partial charge in [0, 0.05) is 42.7 Å². The fraction of sp³-hybridized carbons (Fsp3) is 0.167. The molecule has 3 heterocycles. The molecule has 1 atom stereocenters. The number of amides is 3. The van der Waals surface area contributed by atoms with Gasteiger partial charge in [0.05, 0.1) is 22.9 Å². The highest BCUT2D eigenvalue weighted by Gasteiger charge is 2.36. The SMILES string of the molecule is CCOC(=O)c1ccc(NC(=O)C2c3cccc(-c4ccc(C(=O)NC)nc4)c3CCN2C(=O)/C=C/c2c(-n3cnnn3)ccc(Cl)c2F)cc1. The summed E-state index contributed by atoms with van der Waals surface area (Å²) in [6.45, 7) is 2.06. The quantitative estimate of drug-likeness (QED) is 0.161. The molecular weight excluding hydrogens is 679 g/mol. The molecule has 0 radical (unpaired) electrons. The minimum Gasteiger partial charge on any atom is -0.462 e.